The number of aromatic nitrogens is 1. The van der Waals surface area contributed by atoms with E-state index in [0.29, 0.717) is 43.1 Å². The Morgan fingerprint density at radius 3 is 1.94 bits per heavy atom. The second kappa shape index (κ2) is 14.6. The van der Waals surface area contributed by atoms with Crippen LogP contribution in [0.2, 0.25) is 0 Å². The molecule has 2 rings (SSSR count). The number of anilines is 1. The third-order valence-electron chi connectivity index (χ3n) is 5.09. The number of hydrogen-bond acceptors (Lipinski definition) is 9. The lowest BCUT2D eigenvalue weighted by Gasteiger charge is -2.22. The van der Waals surface area contributed by atoms with Crippen molar-refractivity contribution in [2.45, 2.75) is 40.5 Å². The van der Waals surface area contributed by atoms with Crippen molar-refractivity contribution < 1.29 is 33.3 Å². The first-order valence-corrected chi connectivity index (χ1v) is 11.9. The van der Waals surface area contributed by atoms with Gasteiger partial charge in [-0.1, -0.05) is 0 Å². The Bertz CT molecular complexity index is 953. The van der Waals surface area contributed by atoms with Crippen LogP contribution in [0.3, 0.4) is 0 Å². The number of ether oxygens (including phenoxy) is 4. The molecule has 0 spiro atoms. The number of esters is 2. The van der Waals surface area contributed by atoms with E-state index in [0.717, 1.165) is 25.1 Å². The number of carbonyl (C=O) groups is 3. The predicted octanol–water partition coefficient (Wildman–Crippen LogP) is 4.33. The smallest absolute Gasteiger partial charge is 0.357 e. The number of benzene rings is 1. The van der Waals surface area contributed by atoms with Crippen molar-refractivity contribution in [2.24, 2.45) is 0 Å². The summed E-state index contributed by atoms with van der Waals surface area (Å²) in [6.45, 7) is 10.3. The van der Waals surface area contributed by atoms with E-state index < -0.39 is 11.9 Å². The average molecular weight is 487 g/mol. The molecule has 0 saturated heterocycles. The molecule has 1 heterocycles. The minimum Gasteiger partial charge on any atom is -0.493 e. The summed E-state index contributed by atoms with van der Waals surface area (Å²) in [4.78, 5) is 41.8. The van der Waals surface area contributed by atoms with Gasteiger partial charge in [0, 0.05) is 37.0 Å². The second-order valence-corrected chi connectivity index (χ2v) is 7.43. The summed E-state index contributed by atoms with van der Waals surface area (Å²) < 4.78 is 21.6. The molecule has 9 nitrogen and oxygen atoms in total. The lowest BCUT2D eigenvalue weighted by Crippen LogP contribution is -2.21. The molecular formula is C26H34N2O7. The number of unbranched alkanes of at least 4 members (excludes halogenated alkanes) is 1. The van der Waals surface area contributed by atoms with Crippen LogP contribution in [0.25, 0.3) is 0 Å². The molecule has 9 heteroatoms. The Morgan fingerprint density at radius 2 is 1.43 bits per heavy atom. The predicted molar refractivity (Wildman–Crippen MR) is 132 cm³/mol. The summed E-state index contributed by atoms with van der Waals surface area (Å²) in [5.74, 6) is -0.413. The lowest BCUT2D eigenvalue weighted by atomic mass is 10.2. The molecule has 190 valence electrons. The molecule has 0 atom stereocenters. The van der Waals surface area contributed by atoms with Crippen LogP contribution in [-0.4, -0.2) is 62.7 Å². The molecule has 0 aliphatic carbocycles. The van der Waals surface area contributed by atoms with Crippen molar-refractivity contribution in [3.05, 3.63) is 47.3 Å². The molecule has 2 aromatic rings. The van der Waals surface area contributed by atoms with E-state index in [4.69, 9.17) is 18.9 Å². The maximum absolute atomic E-state index is 12.1. The van der Waals surface area contributed by atoms with Crippen molar-refractivity contribution in [3.63, 3.8) is 0 Å². The Kier molecular flexibility index (Phi) is 11.5. The van der Waals surface area contributed by atoms with Crippen LogP contribution in [-0.2, 0) is 9.47 Å². The molecule has 0 N–H and O–H groups in total. The van der Waals surface area contributed by atoms with E-state index in [-0.39, 0.29) is 24.6 Å². The topological polar surface area (TPSA) is 104 Å². The number of hydrogen-bond donors (Lipinski definition) is 0. The van der Waals surface area contributed by atoms with Gasteiger partial charge in [0.05, 0.1) is 32.0 Å². The van der Waals surface area contributed by atoms with Gasteiger partial charge in [-0.25, -0.2) is 14.6 Å². The largest absolute Gasteiger partial charge is 0.493 e. The first-order valence-electron chi connectivity index (χ1n) is 11.9. The fourth-order valence-electron chi connectivity index (χ4n) is 3.32. The van der Waals surface area contributed by atoms with Gasteiger partial charge in [0.15, 0.2) is 17.7 Å². The highest BCUT2D eigenvalue weighted by atomic mass is 16.5. The Hall–Kier alpha value is -3.62. The summed E-state index contributed by atoms with van der Waals surface area (Å²) >= 11 is 0. The maximum Gasteiger partial charge on any atom is 0.357 e. The number of pyridine rings is 1. The van der Waals surface area contributed by atoms with E-state index in [1.54, 1.807) is 19.9 Å². The molecule has 0 saturated carbocycles. The summed E-state index contributed by atoms with van der Waals surface area (Å²) in [7, 11) is 0. The SMILES string of the molecule is CCOC(=O)c1cc(OCCCCOc2cc(N(CC)CC)ccc2C=O)cc(C(=O)OCC)n1. The maximum atomic E-state index is 12.1. The first kappa shape index (κ1) is 27.6. The van der Waals surface area contributed by atoms with Crippen molar-refractivity contribution in [3.8, 4) is 11.5 Å². The summed E-state index contributed by atoms with van der Waals surface area (Å²) in [5, 5.41) is 0. The van der Waals surface area contributed by atoms with Crippen LogP contribution in [0, 0.1) is 0 Å². The minimum atomic E-state index is -0.644. The van der Waals surface area contributed by atoms with E-state index in [1.165, 1.54) is 12.1 Å². The zero-order valence-corrected chi connectivity index (χ0v) is 20.9. The summed E-state index contributed by atoms with van der Waals surface area (Å²) in [5.41, 5.74) is 1.47. The number of rotatable bonds is 15. The molecule has 0 fully saturated rings. The van der Waals surface area contributed by atoms with Gasteiger partial charge < -0.3 is 23.8 Å². The van der Waals surface area contributed by atoms with Crippen LogP contribution >= 0.6 is 0 Å². The van der Waals surface area contributed by atoms with E-state index in [9.17, 15) is 14.4 Å². The zero-order valence-electron chi connectivity index (χ0n) is 20.9. The molecule has 1 aromatic carbocycles. The van der Waals surface area contributed by atoms with E-state index in [1.807, 2.05) is 12.1 Å². The summed E-state index contributed by atoms with van der Waals surface area (Å²) in [6, 6.07) is 8.45. The standard InChI is InChI=1S/C26H34N2O7/c1-5-28(6-2)20-12-11-19(18-29)24(15-20)35-14-10-9-13-34-21-16-22(25(30)32-7-3)27-23(17-21)26(31)33-8-4/h11-12,15-18H,5-10,13-14H2,1-4H3. The molecule has 0 unspecified atom stereocenters. The Labute approximate surface area is 206 Å². The van der Waals surface area contributed by atoms with Gasteiger partial charge in [0.2, 0.25) is 0 Å². The fraction of sp³-hybridized carbons (Fsp3) is 0.462. The number of carbonyl (C=O) groups excluding carboxylic acids is 3. The molecule has 1 aromatic heterocycles. The highest BCUT2D eigenvalue weighted by Crippen LogP contribution is 2.25. The van der Waals surface area contributed by atoms with Crippen LogP contribution in [0.5, 0.6) is 11.5 Å². The zero-order chi connectivity index (χ0) is 25.6. The molecule has 0 bridgehead atoms. The molecule has 0 aliphatic rings. The third kappa shape index (κ3) is 8.27. The Morgan fingerprint density at radius 1 is 0.857 bits per heavy atom. The third-order valence-corrected chi connectivity index (χ3v) is 5.09. The van der Waals surface area contributed by atoms with Gasteiger partial charge in [-0.05, 0) is 52.7 Å². The first-order chi connectivity index (χ1) is 17.0. The van der Waals surface area contributed by atoms with Crippen molar-refractivity contribution in [1.82, 2.24) is 4.98 Å². The highest BCUT2D eigenvalue weighted by molar-refractivity contribution is 5.92. The van der Waals surface area contributed by atoms with Crippen molar-refractivity contribution >= 4 is 23.9 Å². The molecule has 0 radical (unpaired) electrons. The molecule has 35 heavy (non-hydrogen) atoms. The van der Waals surface area contributed by atoms with E-state index in [2.05, 4.69) is 23.7 Å². The van der Waals surface area contributed by atoms with Gasteiger partial charge in [0.25, 0.3) is 0 Å². The number of aldehydes is 1. The highest BCUT2D eigenvalue weighted by Gasteiger charge is 2.17. The van der Waals surface area contributed by atoms with Gasteiger partial charge >= 0.3 is 11.9 Å². The van der Waals surface area contributed by atoms with E-state index >= 15 is 0 Å². The molecule has 0 aliphatic heterocycles. The molecule has 0 amide bonds. The van der Waals surface area contributed by atoms with Crippen LogP contribution in [0.15, 0.2) is 30.3 Å². The van der Waals surface area contributed by atoms with Crippen molar-refractivity contribution in [1.29, 1.82) is 0 Å². The van der Waals surface area contributed by atoms with Gasteiger partial charge in [-0.15, -0.1) is 0 Å². The summed E-state index contributed by atoms with van der Waals surface area (Å²) in [6.07, 6.45) is 2.11. The average Bonchev–Trinajstić information content (AvgIpc) is 2.87. The quantitative estimate of drug-likeness (QED) is 0.207. The van der Waals surface area contributed by atoms with Gasteiger partial charge in [-0.2, -0.15) is 0 Å². The number of nitrogens with zero attached hydrogens (tertiary/aromatic N) is 2. The normalized spacial score (nSPS) is 10.4. The van der Waals surface area contributed by atoms with Crippen molar-refractivity contribution in [2.75, 3.05) is 44.4 Å². The van der Waals surface area contributed by atoms with Gasteiger partial charge in [-0.3, -0.25) is 4.79 Å². The minimum absolute atomic E-state index is 0.0230. The fourth-order valence-corrected chi connectivity index (χ4v) is 3.32. The molecular weight excluding hydrogens is 452 g/mol. The van der Waals surface area contributed by atoms with Crippen LogP contribution < -0.4 is 14.4 Å². The monoisotopic (exact) mass is 486 g/mol. The van der Waals surface area contributed by atoms with Crippen LogP contribution in [0.4, 0.5) is 5.69 Å². The lowest BCUT2D eigenvalue weighted by molar-refractivity contribution is 0.0510. The van der Waals surface area contributed by atoms with Gasteiger partial charge in [0.1, 0.15) is 11.5 Å². The second-order valence-electron chi connectivity index (χ2n) is 7.43. The van der Waals surface area contributed by atoms with Crippen LogP contribution in [0.1, 0.15) is 71.9 Å². The Balaban J connectivity index is 1.95.